The van der Waals surface area contributed by atoms with Crippen LogP contribution in [-0.4, -0.2) is 6.54 Å². The second-order valence-electron chi connectivity index (χ2n) is 4.58. The molecule has 0 aromatic heterocycles. The van der Waals surface area contributed by atoms with Crippen LogP contribution in [0.3, 0.4) is 0 Å². The molecule has 0 aliphatic heterocycles. The average molecular weight is 404 g/mol. The van der Waals surface area contributed by atoms with Crippen LogP contribution in [0.25, 0.3) is 0 Å². The molecule has 0 amide bonds. The number of rotatable bonds is 5. The molecule has 0 radical (unpaired) electrons. The van der Waals surface area contributed by atoms with Gasteiger partial charge in [0, 0.05) is 9.61 Å². The van der Waals surface area contributed by atoms with E-state index in [-0.39, 0.29) is 16.9 Å². The van der Waals surface area contributed by atoms with Crippen molar-refractivity contribution in [1.82, 2.24) is 5.32 Å². The highest BCUT2D eigenvalue weighted by Crippen LogP contribution is 2.26. The normalized spacial score (nSPS) is 12.4. The van der Waals surface area contributed by atoms with Gasteiger partial charge in [-0.3, -0.25) is 0 Å². The van der Waals surface area contributed by atoms with Gasteiger partial charge in [0.15, 0.2) is 0 Å². The minimum atomic E-state index is -0.359. The van der Waals surface area contributed by atoms with Crippen LogP contribution in [-0.2, 0) is 6.42 Å². The van der Waals surface area contributed by atoms with E-state index >= 15 is 0 Å². The first-order valence-electron chi connectivity index (χ1n) is 6.53. The summed E-state index contributed by atoms with van der Waals surface area (Å²) in [5, 5.41) is 3.65. The van der Waals surface area contributed by atoms with Crippen LogP contribution in [0.15, 0.2) is 42.5 Å². The molecule has 0 spiro atoms. The highest BCUT2D eigenvalue weighted by atomic mass is 127. The van der Waals surface area contributed by atoms with Crippen molar-refractivity contribution < 1.29 is 4.39 Å². The van der Waals surface area contributed by atoms with Gasteiger partial charge in [-0.2, -0.15) is 0 Å². The van der Waals surface area contributed by atoms with Crippen molar-refractivity contribution in [3.8, 4) is 0 Å². The second kappa shape index (κ2) is 7.38. The average Bonchev–Trinajstić information content (AvgIpc) is 2.44. The first-order chi connectivity index (χ1) is 9.61. The Kier molecular flexibility index (Phi) is 5.81. The van der Waals surface area contributed by atoms with Gasteiger partial charge in [0.1, 0.15) is 5.82 Å². The van der Waals surface area contributed by atoms with E-state index in [0.717, 1.165) is 12.1 Å². The topological polar surface area (TPSA) is 12.0 Å². The quantitative estimate of drug-likeness (QED) is 0.695. The Morgan fingerprint density at radius 2 is 1.90 bits per heavy atom. The zero-order chi connectivity index (χ0) is 14.5. The number of likely N-dealkylation sites (N-methyl/N-ethyl adjacent to an activating group) is 1. The summed E-state index contributed by atoms with van der Waals surface area (Å²) in [6, 6.07) is 13.5. The summed E-state index contributed by atoms with van der Waals surface area (Å²) < 4.78 is 14.7. The zero-order valence-electron chi connectivity index (χ0n) is 11.2. The van der Waals surface area contributed by atoms with Crippen LogP contribution < -0.4 is 5.32 Å². The van der Waals surface area contributed by atoms with E-state index in [1.807, 2.05) is 6.07 Å². The van der Waals surface area contributed by atoms with Gasteiger partial charge >= 0.3 is 0 Å². The Bertz CT molecular complexity index is 571. The van der Waals surface area contributed by atoms with Crippen molar-refractivity contribution in [2.45, 2.75) is 19.4 Å². The molecule has 2 aromatic rings. The molecule has 0 fully saturated rings. The van der Waals surface area contributed by atoms with E-state index in [2.05, 4.69) is 59.1 Å². The van der Waals surface area contributed by atoms with E-state index in [1.165, 1.54) is 15.2 Å². The van der Waals surface area contributed by atoms with Gasteiger partial charge in [-0.15, -0.1) is 0 Å². The van der Waals surface area contributed by atoms with Crippen molar-refractivity contribution in [2.75, 3.05) is 6.54 Å². The molecule has 0 saturated carbocycles. The first-order valence-corrected chi connectivity index (χ1v) is 7.99. The molecule has 106 valence electrons. The lowest BCUT2D eigenvalue weighted by atomic mass is 9.98. The molecule has 2 rings (SSSR count). The van der Waals surface area contributed by atoms with Gasteiger partial charge in [-0.25, -0.2) is 4.39 Å². The third-order valence-corrected chi connectivity index (χ3v) is 4.32. The molecule has 1 nitrogen and oxygen atoms in total. The molecule has 0 bridgehead atoms. The lowest BCUT2D eigenvalue weighted by Crippen LogP contribution is -2.23. The summed E-state index contributed by atoms with van der Waals surface area (Å²) in [4.78, 5) is 0. The van der Waals surface area contributed by atoms with Crippen LogP contribution in [0.2, 0.25) is 5.02 Å². The summed E-state index contributed by atoms with van der Waals surface area (Å²) in [7, 11) is 0. The van der Waals surface area contributed by atoms with E-state index in [0.29, 0.717) is 6.42 Å². The fourth-order valence-corrected chi connectivity index (χ4v) is 2.74. The monoisotopic (exact) mass is 403 g/mol. The smallest absolute Gasteiger partial charge is 0.142 e. The van der Waals surface area contributed by atoms with Crippen LogP contribution in [0.4, 0.5) is 4.39 Å². The predicted octanol–water partition coefficient (Wildman–Crippen LogP) is 4.98. The molecule has 1 atom stereocenters. The van der Waals surface area contributed by atoms with Crippen molar-refractivity contribution >= 4 is 34.2 Å². The van der Waals surface area contributed by atoms with Gasteiger partial charge in [0.25, 0.3) is 0 Å². The second-order valence-corrected chi connectivity index (χ2v) is 6.20. The van der Waals surface area contributed by atoms with Gasteiger partial charge in [0.2, 0.25) is 0 Å². The third-order valence-electron chi connectivity index (χ3n) is 3.18. The lowest BCUT2D eigenvalue weighted by Gasteiger charge is -2.19. The molecular weight excluding hydrogens is 388 g/mol. The number of nitrogens with one attached hydrogen (secondary N) is 1. The van der Waals surface area contributed by atoms with Crippen LogP contribution in [0, 0.1) is 9.39 Å². The van der Waals surface area contributed by atoms with Crippen molar-refractivity contribution in [2.24, 2.45) is 0 Å². The number of benzene rings is 2. The van der Waals surface area contributed by atoms with Gasteiger partial charge in [0.05, 0.1) is 5.02 Å². The summed E-state index contributed by atoms with van der Waals surface area (Å²) in [6.45, 7) is 2.91. The summed E-state index contributed by atoms with van der Waals surface area (Å²) >= 11 is 8.33. The largest absolute Gasteiger partial charge is 0.310 e. The maximum atomic E-state index is 13.5. The Morgan fingerprint density at radius 3 is 2.55 bits per heavy atom. The van der Waals surface area contributed by atoms with Gasteiger partial charge in [-0.05, 0) is 64.9 Å². The fraction of sp³-hybridized carbons (Fsp3) is 0.250. The molecule has 4 heteroatoms. The Balaban J connectivity index is 2.25. The molecule has 0 aliphatic carbocycles. The van der Waals surface area contributed by atoms with E-state index < -0.39 is 0 Å². The van der Waals surface area contributed by atoms with Gasteiger partial charge in [-0.1, -0.05) is 42.8 Å². The minimum Gasteiger partial charge on any atom is -0.310 e. The molecule has 0 aliphatic rings. The van der Waals surface area contributed by atoms with E-state index in [9.17, 15) is 4.39 Å². The predicted molar refractivity (Wildman–Crippen MR) is 90.7 cm³/mol. The Labute approximate surface area is 137 Å². The SMILES string of the molecule is CCNC(Cc1cccc(F)c1Cl)c1ccc(I)cc1. The maximum Gasteiger partial charge on any atom is 0.142 e. The molecule has 2 aromatic carbocycles. The summed E-state index contributed by atoms with van der Waals surface area (Å²) in [5.74, 6) is -0.359. The minimum absolute atomic E-state index is 0.135. The maximum absolute atomic E-state index is 13.5. The Morgan fingerprint density at radius 1 is 1.20 bits per heavy atom. The molecule has 0 heterocycles. The molecule has 0 saturated heterocycles. The number of halogens is 3. The lowest BCUT2D eigenvalue weighted by molar-refractivity contribution is 0.547. The van der Waals surface area contributed by atoms with E-state index in [1.54, 1.807) is 6.07 Å². The highest BCUT2D eigenvalue weighted by Gasteiger charge is 2.14. The Hall–Kier alpha value is -0.650. The highest BCUT2D eigenvalue weighted by molar-refractivity contribution is 14.1. The molecular formula is C16H16ClFIN. The molecule has 1 unspecified atom stereocenters. The zero-order valence-corrected chi connectivity index (χ0v) is 14.1. The molecule has 1 N–H and O–H groups in total. The first kappa shape index (κ1) is 15.7. The number of hydrogen-bond acceptors (Lipinski definition) is 1. The number of hydrogen-bond donors (Lipinski definition) is 1. The summed E-state index contributed by atoms with van der Waals surface area (Å²) in [6.07, 6.45) is 0.672. The van der Waals surface area contributed by atoms with E-state index in [4.69, 9.17) is 11.6 Å². The third kappa shape index (κ3) is 3.93. The van der Waals surface area contributed by atoms with Crippen molar-refractivity contribution in [3.63, 3.8) is 0 Å². The van der Waals surface area contributed by atoms with Crippen molar-refractivity contribution in [1.29, 1.82) is 0 Å². The standard InChI is InChI=1S/C16H16ClFIN/c1-2-20-15(11-6-8-13(19)9-7-11)10-12-4-3-5-14(18)16(12)17/h3-9,15,20H,2,10H2,1H3. The van der Waals surface area contributed by atoms with Gasteiger partial charge < -0.3 is 5.32 Å². The fourth-order valence-electron chi connectivity index (χ4n) is 2.18. The molecule has 20 heavy (non-hydrogen) atoms. The van der Waals surface area contributed by atoms with Crippen LogP contribution >= 0.6 is 34.2 Å². The van der Waals surface area contributed by atoms with Crippen LogP contribution in [0.5, 0.6) is 0 Å². The summed E-state index contributed by atoms with van der Waals surface area (Å²) in [5.41, 5.74) is 2.02. The van der Waals surface area contributed by atoms with Crippen LogP contribution in [0.1, 0.15) is 24.1 Å². The van der Waals surface area contributed by atoms with Crippen molar-refractivity contribution in [3.05, 3.63) is 68.0 Å².